The predicted octanol–water partition coefficient (Wildman–Crippen LogP) is 2.70. The number of hydrogen-bond donors (Lipinski definition) is 1. The minimum atomic E-state index is -0.339. The van der Waals surface area contributed by atoms with Crippen molar-refractivity contribution in [3.8, 4) is 0 Å². The molecule has 1 aromatic heterocycles. The summed E-state index contributed by atoms with van der Waals surface area (Å²) in [5, 5.41) is 2.73. The van der Waals surface area contributed by atoms with Crippen LogP contribution in [0, 0.1) is 19.7 Å². The van der Waals surface area contributed by atoms with E-state index in [2.05, 4.69) is 5.32 Å². The molecule has 138 valence electrons. The summed E-state index contributed by atoms with van der Waals surface area (Å²) in [7, 11) is 0. The predicted molar refractivity (Wildman–Crippen MR) is 94.3 cm³/mol. The quantitative estimate of drug-likeness (QED) is 0.916. The van der Waals surface area contributed by atoms with E-state index < -0.39 is 0 Å². The molecule has 0 atom stereocenters. The molecule has 0 bridgehead atoms. The number of carbonyl (C=O) groups is 2. The van der Waals surface area contributed by atoms with Gasteiger partial charge in [-0.1, -0.05) is 18.2 Å². The highest BCUT2D eigenvalue weighted by Gasteiger charge is 2.26. The van der Waals surface area contributed by atoms with Gasteiger partial charge in [0.05, 0.1) is 5.56 Å². The van der Waals surface area contributed by atoms with Crippen LogP contribution in [0.4, 0.5) is 9.18 Å². The molecule has 26 heavy (non-hydrogen) atoms. The smallest absolute Gasteiger partial charge is 0.317 e. The third-order valence-corrected chi connectivity index (χ3v) is 4.51. The third kappa shape index (κ3) is 3.87. The van der Waals surface area contributed by atoms with Gasteiger partial charge in [-0.05, 0) is 26.0 Å². The van der Waals surface area contributed by atoms with E-state index in [1.54, 1.807) is 41.0 Å². The summed E-state index contributed by atoms with van der Waals surface area (Å²) >= 11 is 0. The van der Waals surface area contributed by atoms with E-state index in [0.29, 0.717) is 48.8 Å². The maximum atomic E-state index is 13.6. The minimum Gasteiger partial charge on any atom is -0.466 e. The molecular weight excluding hydrogens is 337 g/mol. The second-order valence-electron chi connectivity index (χ2n) is 6.36. The zero-order valence-corrected chi connectivity index (χ0v) is 14.9. The molecule has 0 unspecified atom stereocenters. The molecule has 0 radical (unpaired) electrons. The summed E-state index contributed by atoms with van der Waals surface area (Å²) in [6.07, 6.45) is 0. The van der Waals surface area contributed by atoms with Crippen LogP contribution in [0.1, 0.15) is 27.4 Å². The molecule has 0 spiro atoms. The van der Waals surface area contributed by atoms with Crippen molar-refractivity contribution in [3.05, 3.63) is 58.8 Å². The van der Waals surface area contributed by atoms with Crippen molar-refractivity contribution < 1.29 is 18.4 Å². The van der Waals surface area contributed by atoms with Gasteiger partial charge in [-0.3, -0.25) is 4.79 Å². The van der Waals surface area contributed by atoms with Gasteiger partial charge in [0.1, 0.15) is 17.3 Å². The van der Waals surface area contributed by atoms with Gasteiger partial charge in [0, 0.05) is 38.3 Å². The minimum absolute atomic E-state index is 0.0780. The zero-order valence-electron chi connectivity index (χ0n) is 14.9. The van der Waals surface area contributed by atoms with Gasteiger partial charge < -0.3 is 19.5 Å². The van der Waals surface area contributed by atoms with E-state index >= 15 is 0 Å². The van der Waals surface area contributed by atoms with Crippen molar-refractivity contribution in [1.29, 1.82) is 0 Å². The first-order chi connectivity index (χ1) is 12.5. The number of amides is 3. The van der Waals surface area contributed by atoms with Crippen LogP contribution in [0.2, 0.25) is 0 Å². The van der Waals surface area contributed by atoms with Crippen LogP contribution in [0.3, 0.4) is 0 Å². The number of piperazine rings is 1. The summed E-state index contributed by atoms with van der Waals surface area (Å²) in [4.78, 5) is 28.2. The van der Waals surface area contributed by atoms with Crippen molar-refractivity contribution in [2.75, 3.05) is 26.2 Å². The highest BCUT2D eigenvalue weighted by Crippen LogP contribution is 2.17. The summed E-state index contributed by atoms with van der Waals surface area (Å²) in [5.74, 6) is 0.898. The van der Waals surface area contributed by atoms with Crippen LogP contribution in [0.5, 0.6) is 0 Å². The van der Waals surface area contributed by atoms with E-state index in [-0.39, 0.29) is 24.3 Å². The maximum absolute atomic E-state index is 13.6. The lowest BCUT2D eigenvalue weighted by Crippen LogP contribution is -2.53. The van der Waals surface area contributed by atoms with Crippen molar-refractivity contribution in [2.24, 2.45) is 0 Å². The Bertz CT molecular complexity index is 810. The molecule has 2 heterocycles. The molecule has 1 aromatic carbocycles. The molecule has 3 amide bonds. The second-order valence-corrected chi connectivity index (χ2v) is 6.36. The number of halogens is 1. The molecule has 1 saturated heterocycles. The first-order valence-electron chi connectivity index (χ1n) is 8.58. The Morgan fingerprint density at radius 3 is 2.38 bits per heavy atom. The lowest BCUT2D eigenvalue weighted by molar-refractivity contribution is 0.0663. The number of rotatable bonds is 3. The number of furan rings is 1. The van der Waals surface area contributed by atoms with Crippen LogP contribution in [-0.2, 0) is 6.54 Å². The van der Waals surface area contributed by atoms with Crippen LogP contribution in [-0.4, -0.2) is 47.9 Å². The Balaban J connectivity index is 1.51. The van der Waals surface area contributed by atoms with Gasteiger partial charge in [-0.2, -0.15) is 0 Å². The van der Waals surface area contributed by atoms with Crippen LogP contribution in [0.15, 0.2) is 34.7 Å². The molecule has 7 heteroatoms. The fraction of sp³-hybridized carbons (Fsp3) is 0.368. The van der Waals surface area contributed by atoms with E-state index in [1.165, 1.54) is 6.07 Å². The molecule has 2 aromatic rings. The molecule has 0 aliphatic carbocycles. The Labute approximate surface area is 151 Å². The second kappa shape index (κ2) is 7.59. The van der Waals surface area contributed by atoms with Gasteiger partial charge >= 0.3 is 6.03 Å². The number of carbonyl (C=O) groups excluding carboxylic acids is 2. The Hall–Kier alpha value is -2.83. The van der Waals surface area contributed by atoms with E-state index in [9.17, 15) is 14.0 Å². The average molecular weight is 359 g/mol. The Morgan fingerprint density at radius 2 is 1.77 bits per heavy atom. The average Bonchev–Trinajstić information content (AvgIpc) is 2.98. The number of hydrogen-bond acceptors (Lipinski definition) is 3. The Morgan fingerprint density at radius 1 is 1.12 bits per heavy atom. The molecular formula is C19H22FN3O3. The fourth-order valence-corrected chi connectivity index (χ4v) is 3.05. The van der Waals surface area contributed by atoms with Crippen molar-refractivity contribution in [2.45, 2.75) is 20.4 Å². The number of nitrogens with zero attached hydrogens (tertiary/aromatic N) is 2. The topological polar surface area (TPSA) is 65.8 Å². The van der Waals surface area contributed by atoms with Crippen molar-refractivity contribution in [3.63, 3.8) is 0 Å². The zero-order chi connectivity index (χ0) is 18.7. The van der Waals surface area contributed by atoms with Crippen LogP contribution >= 0.6 is 0 Å². The van der Waals surface area contributed by atoms with Gasteiger partial charge in [-0.25, -0.2) is 9.18 Å². The van der Waals surface area contributed by atoms with Crippen LogP contribution in [0.25, 0.3) is 0 Å². The van der Waals surface area contributed by atoms with E-state index in [1.807, 2.05) is 6.92 Å². The van der Waals surface area contributed by atoms with Gasteiger partial charge in [0.2, 0.25) is 0 Å². The summed E-state index contributed by atoms with van der Waals surface area (Å²) in [5.41, 5.74) is 1.01. The monoisotopic (exact) mass is 359 g/mol. The van der Waals surface area contributed by atoms with E-state index in [4.69, 9.17) is 4.42 Å². The third-order valence-electron chi connectivity index (χ3n) is 4.51. The Kier molecular flexibility index (Phi) is 5.25. The summed E-state index contributed by atoms with van der Waals surface area (Å²) in [6, 6.07) is 7.84. The standard InChI is InChI=1S/C19H22FN3O3/c1-13-11-16(14(2)26-13)18(24)22-7-9-23(10-8-22)19(25)21-12-15-5-3-4-6-17(15)20/h3-6,11H,7-10,12H2,1-2H3,(H,21,25). The molecule has 6 nitrogen and oxygen atoms in total. The molecule has 1 N–H and O–H groups in total. The number of aryl methyl sites for hydroxylation is 2. The van der Waals surface area contributed by atoms with Gasteiger partial charge in [0.25, 0.3) is 5.91 Å². The van der Waals surface area contributed by atoms with Gasteiger partial charge in [-0.15, -0.1) is 0 Å². The molecule has 3 rings (SSSR count). The lowest BCUT2D eigenvalue weighted by Gasteiger charge is -2.34. The maximum Gasteiger partial charge on any atom is 0.317 e. The van der Waals surface area contributed by atoms with Gasteiger partial charge in [0.15, 0.2) is 0 Å². The summed E-state index contributed by atoms with van der Waals surface area (Å²) in [6.45, 7) is 5.49. The number of urea groups is 1. The highest BCUT2D eigenvalue weighted by molar-refractivity contribution is 5.95. The first kappa shape index (κ1) is 18.0. The molecule has 0 saturated carbocycles. The SMILES string of the molecule is Cc1cc(C(=O)N2CCN(C(=O)NCc3ccccc3F)CC2)c(C)o1. The largest absolute Gasteiger partial charge is 0.466 e. The summed E-state index contributed by atoms with van der Waals surface area (Å²) < 4.78 is 19.0. The molecule has 1 aliphatic heterocycles. The lowest BCUT2D eigenvalue weighted by atomic mass is 10.2. The number of nitrogens with one attached hydrogen (secondary N) is 1. The fourth-order valence-electron chi connectivity index (χ4n) is 3.05. The first-order valence-corrected chi connectivity index (χ1v) is 8.58. The molecule has 1 aliphatic rings. The van der Waals surface area contributed by atoms with Crippen molar-refractivity contribution >= 4 is 11.9 Å². The number of benzene rings is 1. The van der Waals surface area contributed by atoms with E-state index in [0.717, 1.165) is 0 Å². The molecule has 1 fully saturated rings. The highest BCUT2D eigenvalue weighted by atomic mass is 19.1. The van der Waals surface area contributed by atoms with Crippen LogP contribution < -0.4 is 5.32 Å². The van der Waals surface area contributed by atoms with Crippen molar-refractivity contribution in [1.82, 2.24) is 15.1 Å². The normalized spacial score (nSPS) is 14.4.